The lowest BCUT2D eigenvalue weighted by molar-refractivity contribution is 0.988. The minimum Gasteiger partial charge on any atom is -0.307 e. The second-order valence-corrected chi connectivity index (χ2v) is 36.1. The molecule has 0 radical (unpaired) electrons. The molecule has 16 aromatic heterocycles. The number of para-hydroxylation sites is 12. The van der Waals surface area contributed by atoms with Gasteiger partial charge in [0.25, 0.3) is 0 Å². The highest BCUT2D eigenvalue weighted by Crippen LogP contribution is 2.53. The Morgan fingerprint density at radius 2 is 0.368 bits per heavy atom. The summed E-state index contributed by atoms with van der Waals surface area (Å²) in [5.74, 6) is 1.43. The first-order chi connectivity index (χ1) is 71.7. The van der Waals surface area contributed by atoms with Gasteiger partial charge in [-0.15, -0.1) is 0 Å². The highest BCUT2D eigenvalue weighted by Gasteiger charge is 2.32. The molecule has 0 unspecified atom stereocenters. The average molecular weight is 1840 g/mol. The van der Waals surface area contributed by atoms with Gasteiger partial charge in [-0.2, -0.15) is 0 Å². The molecule has 0 amide bonds. The van der Waals surface area contributed by atoms with Crippen molar-refractivity contribution in [2.24, 2.45) is 0 Å². The molecule has 0 aliphatic rings. The van der Waals surface area contributed by atoms with Gasteiger partial charge in [0.15, 0.2) is 5.82 Å². The second-order valence-electron chi connectivity index (χ2n) is 36.1. The Morgan fingerprint density at radius 3 is 0.681 bits per heavy atom. The first-order valence-corrected chi connectivity index (χ1v) is 48.1. The van der Waals surface area contributed by atoms with Crippen LogP contribution >= 0.6 is 0 Å². The third-order valence-corrected chi connectivity index (χ3v) is 28.6. The minimum atomic E-state index is 0.644. The number of nitrogens with zero attached hydrogens (tertiary/aromatic N) is 18. The van der Waals surface area contributed by atoms with Gasteiger partial charge in [-0.05, 0) is 152 Å². The molecule has 0 fully saturated rings. The fourth-order valence-electron chi connectivity index (χ4n) is 23.1. The largest absolute Gasteiger partial charge is 0.307 e. The molecule has 0 spiro atoms. The molecule has 672 valence electrons. The average Bonchev–Trinajstić information content (AvgIpc) is 1.54. The van der Waals surface area contributed by atoms with Gasteiger partial charge in [0.1, 0.15) is 0 Å². The number of hydrogen-bond acceptors (Lipinski definition) is 10. The van der Waals surface area contributed by atoms with Gasteiger partial charge in [0.2, 0.25) is 5.95 Å². The highest BCUT2D eigenvalue weighted by molar-refractivity contribution is 6.40. The smallest absolute Gasteiger partial charge is 0.234 e. The zero-order valence-electron chi connectivity index (χ0n) is 77.1. The van der Waals surface area contributed by atoms with E-state index in [1.807, 2.05) is 92.2 Å². The third-order valence-electron chi connectivity index (χ3n) is 28.6. The molecule has 16 heterocycles. The summed E-state index contributed by atoms with van der Waals surface area (Å²) < 4.78 is 18.7. The third kappa shape index (κ3) is 12.1. The Kier molecular flexibility index (Phi) is 18.5. The van der Waals surface area contributed by atoms with Crippen LogP contribution in [0.5, 0.6) is 0 Å². The Balaban J connectivity index is 0.0000000913. The predicted octanol–water partition coefficient (Wildman–Crippen LogP) is 30.1. The second kappa shape index (κ2) is 32.9. The molecule has 0 atom stereocenters. The maximum atomic E-state index is 4.97. The topological polar surface area (TPSA) is 168 Å². The van der Waals surface area contributed by atoms with Crippen molar-refractivity contribution in [2.45, 2.75) is 0 Å². The van der Waals surface area contributed by atoms with Gasteiger partial charge < -0.3 is 27.4 Å². The Morgan fingerprint density at radius 1 is 0.132 bits per heavy atom. The van der Waals surface area contributed by atoms with Gasteiger partial charge >= 0.3 is 0 Å². The van der Waals surface area contributed by atoms with Crippen LogP contribution < -0.4 is 0 Å². The maximum Gasteiger partial charge on any atom is 0.234 e. The Bertz CT molecular complexity index is 8960. The van der Waals surface area contributed by atoms with Crippen molar-refractivity contribution in [3.05, 3.63) is 475 Å². The van der Waals surface area contributed by atoms with Crippen molar-refractivity contribution in [2.75, 3.05) is 0 Å². The monoisotopic (exact) mass is 1840 g/mol. The molecule has 0 aliphatic carbocycles. The molecule has 0 N–H and O–H groups in total. The van der Waals surface area contributed by atoms with Crippen molar-refractivity contribution in [1.82, 2.24) is 86.4 Å². The fraction of sp³-hybridized carbons (Fsp3) is 0. The van der Waals surface area contributed by atoms with Crippen LogP contribution in [0.3, 0.4) is 0 Å². The summed E-state index contributed by atoms with van der Waals surface area (Å²) in [7, 11) is 0. The Hall–Kier alpha value is -20.0. The van der Waals surface area contributed by atoms with E-state index in [9.17, 15) is 0 Å². The zero-order valence-corrected chi connectivity index (χ0v) is 77.1. The number of rotatable bonds is 8. The van der Waals surface area contributed by atoms with Gasteiger partial charge in [0.05, 0.1) is 128 Å². The Labute approximate surface area is 819 Å². The van der Waals surface area contributed by atoms with E-state index in [0.717, 1.165) is 166 Å². The van der Waals surface area contributed by atoms with E-state index in [1.165, 1.54) is 92.1 Å². The van der Waals surface area contributed by atoms with E-state index in [0.29, 0.717) is 5.95 Å². The zero-order chi connectivity index (χ0) is 94.6. The van der Waals surface area contributed by atoms with E-state index >= 15 is 0 Å². The normalized spacial score (nSPS) is 11.9. The molecule has 0 bridgehead atoms. The van der Waals surface area contributed by atoms with Gasteiger partial charge in [0, 0.05) is 204 Å². The maximum absolute atomic E-state index is 4.97. The summed E-state index contributed by atoms with van der Waals surface area (Å²) in [4.78, 5) is 47.1. The number of aromatic nitrogens is 18. The van der Waals surface area contributed by atoms with Gasteiger partial charge in [-0.25, -0.2) is 15.0 Å². The molecule has 0 saturated heterocycles. The van der Waals surface area contributed by atoms with Crippen LogP contribution in [-0.2, 0) is 0 Å². The van der Waals surface area contributed by atoms with E-state index in [4.69, 9.17) is 24.9 Å². The van der Waals surface area contributed by atoms with Crippen LogP contribution in [0, 0.1) is 0 Å². The molecule has 0 saturated carbocycles. The van der Waals surface area contributed by atoms with Crippen LogP contribution in [0.4, 0.5) is 0 Å². The van der Waals surface area contributed by atoms with Crippen molar-refractivity contribution in [3.8, 4) is 45.9 Å². The molecule has 32 aromatic rings. The van der Waals surface area contributed by atoms with Crippen LogP contribution in [0.2, 0.25) is 0 Å². The number of benzene rings is 16. The van der Waals surface area contributed by atoms with Crippen molar-refractivity contribution < 1.29 is 0 Å². The molecule has 32 rings (SSSR count). The van der Waals surface area contributed by atoms with Crippen molar-refractivity contribution in [1.29, 1.82) is 0 Å². The number of fused-ring (bicyclic) bond motifs is 40. The van der Waals surface area contributed by atoms with Crippen molar-refractivity contribution >= 4 is 218 Å². The van der Waals surface area contributed by atoms with E-state index < -0.39 is 0 Å². The van der Waals surface area contributed by atoms with Gasteiger partial charge in [-0.1, -0.05) is 243 Å². The quantitative estimate of drug-likeness (QED) is 0.143. The van der Waals surface area contributed by atoms with E-state index in [2.05, 4.69) is 419 Å². The summed E-state index contributed by atoms with van der Waals surface area (Å²) in [5.41, 5.74) is 28.8. The fourth-order valence-corrected chi connectivity index (χ4v) is 23.1. The van der Waals surface area contributed by atoms with Crippen LogP contribution in [0.1, 0.15) is 0 Å². The summed E-state index contributed by atoms with van der Waals surface area (Å²) in [6.07, 6.45) is 24.0. The molecule has 18 nitrogen and oxygen atoms in total. The lowest BCUT2D eigenvalue weighted by atomic mass is 10.0. The molecular weight excluding hydrogens is 1770 g/mol. The SMILES string of the molecule is c1ccc(-n2c3ccccc3c3c4cccnc4c4c5ccccc5n(-c5cccnc5)c4c32)cc1.c1ccc(-n2c3ccccc3c3c4cccnc4c4c5ccccc5n(-c5ccncc5)c4c32)cc1.c1ccc(-n2c3ccccc3c3c4cccnc4c4c5ccccc5n(-c5cnccn5)c4c32)cc1.c1ccc(-n2c3ccccc3c3c4cccnc4c4c5ccccc5n(-c5ncccn5)c4c32)cc1. The van der Waals surface area contributed by atoms with E-state index in [-0.39, 0.29) is 0 Å². The molecule has 16 aromatic carbocycles. The lowest BCUT2D eigenvalue weighted by Crippen LogP contribution is -2.02. The number of pyridine rings is 6. The number of hydrogen-bond donors (Lipinski definition) is 0. The van der Waals surface area contributed by atoms with Crippen LogP contribution in [0.15, 0.2) is 475 Å². The molecular formula is C126H78N18. The standard InChI is InChI=1S/2C32H20N4.2C31H19N5/c1-2-10-21(11-3-1)35-26-16-6-4-13-23(26)28-25-15-9-19-34-30(25)29-24-14-5-7-17-27(24)36(32(29)31(28)35)22-12-8-18-33-20-22;1-2-9-21(10-3-1)35-26-14-6-4-11-23(26)28-25-13-8-18-34-30(25)29-24-12-5-7-15-27(24)36(32(29)31(28)35)22-16-19-33-20-17-22;1-2-10-20(11-3-1)35-24-15-6-4-12-21(24)26-23-14-8-17-32-28(23)27-22-13-5-7-16-25(22)36(30(27)29(26)35)31-33-18-9-19-34-31;1-2-9-20(10-3-1)35-24-14-6-4-11-21(24)27-23-13-8-16-34-29(23)28-22-12-5-7-15-25(22)36(31(28)30(27)35)26-19-32-17-18-33-26/h2*1-20H;2*1-19H. The molecule has 0 aliphatic heterocycles. The minimum absolute atomic E-state index is 0.644. The molecule has 18 heteroatoms. The predicted molar refractivity (Wildman–Crippen MR) is 588 cm³/mol. The first kappa shape index (κ1) is 81.2. The van der Waals surface area contributed by atoms with Crippen LogP contribution in [-0.4, -0.2) is 86.4 Å². The molecule has 144 heavy (non-hydrogen) atoms. The van der Waals surface area contributed by atoms with Crippen LogP contribution in [0.25, 0.3) is 264 Å². The summed E-state index contributed by atoms with van der Waals surface area (Å²) in [6, 6.07) is 138. The summed E-state index contributed by atoms with van der Waals surface area (Å²) >= 11 is 0. The van der Waals surface area contributed by atoms with E-state index in [1.54, 1.807) is 24.8 Å². The van der Waals surface area contributed by atoms with Crippen molar-refractivity contribution in [3.63, 3.8) is 0 Å². The summed E-state index contributed by atoms with van der Waals surface area (Å²) in [6.45, 7) is 0. The highest BCUT2D eigenvalue weighted by atomic mass is 15.2. The van der Waals surface area contributed by atoms with Gasteiger partial charge in [-0.3, -0.25) is 44.0 Å². The lowest BCUT2D eigenvalue weighted by Gasteiger charge is -2.13. The summed E-state index contributed by atoms with van der Waals surface area (Å²) in [5, 5.41) is 23.5. The first-order valence-electron chi connectivity index (χ1n) is 48.1.